The molecule has 1 unspecified atom stereocenters. The van der Waals surface area contributed by atoms with Crippen LogP contribution in [0.1, 0.15) is 40.0 Å². The van der Waals surface area contributed by atoms with Gasteiger partial charge in [0.25, 0.3) is 11.5 Å². The molecule has 1 atom stereocenters. The maximum atomic E-state index is 12.9. The molecule has 1 aromatic carbocycles. The Morgan fingerprint density at radius 2 is 1.84 bits per heavy atom. The SMILES string of the molecule is CCCCN(C(=O)COC(=O)C(C)Oc1ccccc1)c1c(N)n(CCC)c(=O)[nH]c1=O. The first-order valence-corrected chi connectivity index (χ1v) is 10.6. The number of nitrogens with zero attached hydrogens (tertiary/aromatic N) is 2. The number of rotatable bonds is 11. The van der Waals surface area contributed by atoms with Crippen LogP contribution < -0.4 is 26.6 Å². The Balaban J connectivity index is 2.18. The van der Waals surface area contributed by atoms with Crippen molar-refractivity contribution in [2.75, 3.05) is 23.8 Å². The fourth-order valence-corrected chi connectivity index (χ4v) is 3.04. The zero-order valence-electron chi connectivity index (χ0n) is 18.6. The summed E-state index contributed by atoms with van der Waals surface area (Å²) in [6.07, 6.45) is 1.00. The van der Waals surface area contributed by atoms with E-state index < -0.39 is 35.8 Å². The fourth-order valence-electron chi connectivity index (χ4n) is 3.04. The van der Waals surface area contributed by atoms with E-state index in [0.717, 1.165) is 6.42 Å². The summed E-state index contributed by atoms with van der Waals surface area (Å²) >= 11 is 0. The molecule has 2 aromatic rings. The number of amides is 1. The molecular weight excluding hydrogens is 416 g/mol. The molecule has 0 saturated carbocycles. The third-order valence-electron chi connectivity index (χ3n) is 4.69. The van der Waals surface area contributed by atoms with Gasteiger partial charge in [-0.05, 0) is 31.9 Å². The van der Waals surface area contributed by atoms with Gasteiger partial charge in [-0.3, -0.25) is 19.1 Å². The predicted molar refractivity (Wildman–Crippen MR) is 121 cm³/mol. The van der Waals surface area contributed by atoms with E-state index in [1.165, 1.54) is 16.4 Å². The lowest BCUT2D eigenvalue weighted by Crippen LogP contribution is -2.43. The maximum absolute atomic E-state index is 12.9. The molecular formula is C22H30N4O6. The van der Waals surface area contributed by atoms with Crippen LogP contribution in [0.2, 0.25) is 0 Å². The summed E-state index contributed by atoms with van der Waals surface area (Å²) in [5.41, 5.74) is 4.56. The number of unbranched alkanes of at least 4 members (excludes halogenated alkanes) is 1. The lowest BCUT2D eigenvalue weighted by Gasteiger charge is -2.24. The number of nitrogens with two attached hydrogens (primary N) is 1. The van der Waals surface area contributed by atoms with E-state index >= 15 is 0 Å². The van der Waals surface area contributed by atoms with Crippen LogP contribution in [-0.4, -0.2) is 40.7 Å². The van der Waals surface area contributed by atoms with Gasteiger partial charge in [-0.15, -0.1) is 0 Å². The molecule has 1 heterocycles. The largest absolute Gasteiger partial charge is 0.479 e. The number of nitrogen functional groups attached to an aromatic ring is 1. The highest BCUT2D eigenvalue weighted by Gasteiger charge is 2.26. The number of carbonyl (C=O) groups is 2. The molecule has 0 aliphatic rings. The third kappa shape index (κ3) is 6.22. The molecule has 174 valence electrons. The molecule has 0 spiro atoms. The van der Waals surface area contributed by atoms with Gasteiger partial charge in [0, 0.05) is 13.1 Å². The van der Waals surface area contributed by atoms with Crippen molar-refractivity contribution in [1.29, 1.82) is 0 Å². The standard InChI is InChI=1S/C22H30N4O6/c1-4-6-13-25(18-19(23)26(12-5-2)22(30)24-20(18)28)17(27)14-31-21(29)15(3)32-16-10-8-7-9-11-16/h7-11,15H,4-6,12-14,23H2,1-3H3,(H,24,28,30). The molecule has 2 rings (SSSR count). The van der Waals surface area contributed by atoms with Crippen molar-refractivity contribution in [3.05, 3.63) is 51.2 Å². The van der Waals surface area contributed by atoms with Crippen LogP contribution in [0.15, 0.2) is 39.9 Å². The van der Waals surface area contributed by atoms with Crippen molar-refractivity contribution in [3.63, 3.8) is 0 Å². The first kappa shape index (κ1) is 24.7. The quantitative estimate of drug-likeness (QED) is 0.501. The summed E-state index contributed by atoms with van der Waals surface area (Å²) in [6, 6.07) is 8.74. The molecule has 0 saturated heterocycles. The molecule has 10 nitrogen and oxygen atoms in total. The molecule has 0 fully saturated rings. The van der Waals surface area contributed by atoms with Crippen molar-refractivity contribution in [1.82, 2.24) is 9.55 Å². The normalized spacial score (nSPS) is 11.6. The Morgan fingerprint density at radius 3 is 2.47 bits per heavy atom. The van der Waals surface area contributed by atoms with Crippen LogP contribution in [-0.2, 0) is 20.9 Å². The van der Waals surface area contributed by atoms with Gasteiger partial charge < -0.3 is 20.1 Å². The number of aromatic nitrogens is 2. The van der Waals surface area contributed by atoms with Crippen LogP contribution in [0.3, 0.4) is 0 Å². The minimum Gasteiger partial charge on any atom is -0.479 e. The van der Waals surface area contributed by atoms with Gasteiger partial charge in [0.05, 0.1) is 0 Å². The zero-order valence-corrected chi connectivity index (χ0v) is 18.6. The minimum atomic E-state index is -0.936. The number of anilines is 2. The van der Waals surface area contributed by atoms with E-state index in [4.69, 9.17) is 15.2 Å². The Morgan fingerprint density at radius 1 is 1.16 bits per heavy atom. The van der Waals surface area contributed by atoms with Gasteiger partial charge in [-0.1, -0.05) is 38.5 Å². The second kappa shape index (κ2) is 11.7. The molecule has 0 bridgehead atoms. The number of carbonyl (C=O) groups excluding carboxylic acids is 2. The van der Waals surface area contributed by atoms with Crippen LogP contribution in [0, 0.1) is 0 Å². The summed E-state index contributed by atoms with van der Waals surface area (Å²) in [7, 11) is 0. The highest BCUT2D eigenvalue weighted by molar-refractivity contribution is 5.97. The number of ether oxygens (including phenoxy) is 2. The zero-order chi connectivity index (χ0) is 23.7. The number of para-hydroxylation sites is 1. The van der Waals surface area contributed by atoms with Gasteiger partial charge in [0.1, 0.15) is 11.6 Å². The summed E-state index contributed by atoms with van der Waals surface area (Å²) < 4.78 is 11.8. The maximum Gasteiger partial charge on any atom is 0.347 e. The van der Waals surface area contributed by atoms with Crippen molar-refractivity contribution in [3.8, 4) is 5.75 Å². The predicted octanol–water partition coefficient (Wildman–Crippen LogP) is 1.67. The first-order valence-electron chi connectivity index (χ1n) is 10.6. The summed E-state index contributed by atoms with van der Waals surface area (Å²) in [5.74, 6) is -0.962. The minimum absolute atomic E-state index is 0.0999. The number of benzene rings is 1. The van der Waals surface area contributed by atoms with E-state index in [2.05, 4.69) is 4.98 Å². The van der Waals surface area contributed by atoms with Crippen molar-refractivity contribution in [2.45, 2.75) is 52.7 Å². The molecule has 0 aliphatic heterocycles. The average molecular weight is 447 g/mol. The van der Waals surface area contributed by atoms with Crippen LogP contribution in [0.4, 0.5) is 11.5 Å². The molecule has 0 aliphatic carbocycles. The molecule has 1 amide bonds. The number of hydrogen-bond donors (Lipinski definition) is 2. The van der Waals surface area contributed by atoms with Gasteiger partial charge in [-0.25, -0.2) is 9.59 Å². The smallest absolute Gasteiger partial charge is 0.347 e. The van der Waals surface area contributed by atoms with Gasteiger partial charge in [0.15, 0.2) is 18.4 Å². The molecule has 1 aromatic heterocycles. The molecule has 10 heteroatoms. The first-order chi connectivity index (χ1) is 15.3. The fraction of sp³-hybridized carbons (Fsp3) is 0.455. The van der Waals surface area contributed by atoms with Crippen LogP contribution in [0.5, 0.6) is 5.75 Å². The van der Waals surface area contributed by atoms with E-state index in [-0.39, 0.29) is 24.6 Å². The topological polar surface area (TPSA) is 137 Å². The second-order valence-electron chi connectivity index (χ2n) is 7.22. The van der Waals surface area contributed by atoms with E-state index in [1.54, 1.807) is 24.3 Å². The Hall–Kier alpha value is -3.56. The van der Waals surface area contributed by atoms with E-state index in [0.29, 0.717) is 18.6 Å². The van der Waals surface area contributed by atoms with Crippen LogP contribution in [0.25, 0.3) is 0 Å². The van der Waals surface area contributed by atoms with Crippen molar-refractivity contribution < 1.29 is 19.1 Å². The van der Waals surface area contributed by atoms with Gasteiger partial charge in [-0.2, -0.15) is 0 Å². The van der Waals surface area contributed by atoms with E-state index in [9.17, 15) is 19.2 Å². The van der Waals surface area contributed by atoms with E-state index in [1.807, 2.05) is 19.9 Å². The summed E-state index contributed by atoms with van der Waals surface area (Å²) in [5, 5.41) is 0. The monoisotopic (exact) mass is 446 g/mol. The van der Waals surface area contributed by atoms with Crippen molar-refractivity contribution >= 4 is 23.4 Å². The Labute approximate surface area is 185 Å². The Bertz CT molecular complexity index is 1030. The number of H-pyrrole nitrogens is 1. The number of aromatic amines is 1. The second-order valence-corrected chi connectivity index (χ2v) is 7.22. The van der Waals surface area contributed by atoms with Gasteiger partial charge in [0.2, 0.25) is 0 Å². The third-order valence-corrected chi connectivity index (χ3v) is 4.69. The van der Waals surface area contributed by atoms with Crippen LogP contribution >= 0.6 is 0 Å². The lowest BCUT2D eigenvalue weighted by molar-refractivity contribution is -0.154. The average Bonchev–Trinajstić information content (AvgIpc) is 2.77. The number of hydrogen-bond acceptors (Lipinski definition) is 7. The molecule has 3 N–H and O–H groups in total. The van der Waals surface area contributed by atoms with Gasteiger partial charge >= 0.3 is 11.7 Å². The Kier molecular flexibility index (Phi) is 9.06. The highest BCUT2D eigenvalue weighted by atomic mass is 16.6. The number of nitrogens with one attached hydrogen (secondary N) is 1. The molecule has 32 heavy (non-hydrogen) atoms. The lowest BCUT2D eigenvalue weighted by atomic mass is 10.2. The molecule has 0 radical (unpaired) electrons. The highest BCUT2D eigenvalue weighted by Crippen LogP contribution is 2.18. The summed E-state index contributed by atoms with van der Waals surface area (Å²) in [6.45, 7) is 5.16. The van der Waals surface area contributed by atoms with Crippen molar-refractivity contribution in [2.24, 2.45) is 0 Å². The number of esters is 1. The summed E-state index contributed by atoms with van der Waals surface area (Å²) in [4.78, 5) is 53.2.